The number of aromatic nitrogens is 5. The minimum atomic E-state index is 0.601. The van der Waals surface area contributed by atoms with E-state index in [2.05, 4.69) is 78.2 Å². The lowest BCUT2D eigenvalue weighted by Gasteiger charge is -2.09. The van der Waals surface area contributed by atoms with Crippen LogP contribution in [-0.2, 0) is 6.54 Å². The monoisotopic (exact) mass is 619 g/mol. The Bertz CT molecular complexity index is 2530. The summed E-state index contributed by atoms with van der Waals surface area (Å²) in [4.78, 5) is 19.9. The van der Waals surface area contributed by atoms with E-state index in [0.29, 0.717) is 17.5 Å². The van der Waals surface area contributed by atoms with Gasteiger partial charge in [-0.05, 0) is 48.4 Å². The topological polar surface area (TPSA) is 69.6 Å². The molecule has 0 spiro atoms. The molecule has 0 unspecified atom stereocenters. The van der Waals surface area contributed by atoms with Crippen LogP contribution in [0.3, 0.4) is 0 Å². The van der Waals surface area contributed by atoms with E-state index >= 15 is 0 Å². The first-order chi connectivity index (χ1) is 23.7. The van der Waals surface area contributed by atoms with Crippen molar-refractivity contribution in [1.82, 2.24) is 24.5 Å². The van der Waals surface area contributed by atoms with Crippen LogP contribution < -0.4 is 0 Å². The van der Waals surface area contributed by atoms with Crippen molar-refractivity contribution in [3.05, 3.63) is 146 Å². The quantitative estimate of drug-likeness (QED) is 0.185. The number of furan rings is 1. The normalized spacial score (nSPS) is 11.5. The largest absolute Gasteiger partial charge is 0.456 e. The summed E-state index contributed by atoms with van der Waals surface area (Å²) in [5, 5.41) is 1.99. The third kappa shape index (κ3) is 4.74. The highest BCUT2D eigenvalue weighted by atomic mass is 16.3. The van der Waals surface area contributed by atoms with Crippen molar-refractivity contribution in [2.45, 2.75) is 13.5 Å². The second-order valence-electron chi connectivity index (χ2n) is 11.8. The van der Waals surface area contributed by atoms with Gasteiger partial charge in [0.2, 0.25) is 0 Å². The molecule has 0 aliphatic heterocycles. The van der Waals surface area contributed by atoms with Crippen LogP contribution in [0.2, 0.25) is 0 Å². The summed E-state index contributed by atoms with van der Waals surface area (Å²) in [5.74, 6) is 2.83. The van der Waals surface area contributed by atoms with Crippen LogP contribution in [0.15, 0.2) is 150 Å². The Morgan fingerprint density at radius 3 is 1.83 bits per heavy atom. The smallest absolute Gasteiger partial charge is 0.164 e. The van der Waals surface area contributed by atoms with E-state index < -0.39 is 0 Å². The van der Waals surface area contributed by atoms with E-state index in [1.165, 1.54) is 0 Å². The highest BCUT2D eigenvalue weighted by Gasteiger charge is 2.18. The number of rotatable bonds is 6. The Labute approximate surface area is 277 Å². The molecule has 0 amide bonds. The second kappa shape index (κ2) is 11.4. The fourth-order valence-electron chi connectivity index (χ4n) is 6.55. The van der Waals surface area contributed by atoms with Gasteiger partial charge in [0.15, 0.2) is 17.5 Å². The number of benzene rings is 6. The number of imidazole rings is 1. The molecule has 228 valence electrons. The van der Waals surface area contributed by atoms with E-state index in [9.17, 15) is 0 Å². The molecule has 0 aliphatic carbocycles. The predicted molar refractivity (Wildman–Crippen MR) is 193 cm³/mol. The van der Waals surface area contributed by atoms with Crippen LogP contribution in [0, 0.1) is 0 Å². The predicted octanol–water partition coefficient (Wildman–Crippen LogP) is 10.5. The molecule has 6 aromatic carbocycles. The number of hydrogen-bond acceptors (Lipinski definition) is 5. The summed E-state index contributed by atoms with van der Waals surface area (Å²) >= 11 is 0. The Hall–Kier alpha value is -6.40. The van der Waals surface area contributed by atoms with Gasteiger partial charge in [-0.3, -0.25) is 0 Å². The first-order valence-corrected chi connectivity index (χ1v) is 16.1. The summed E-state index contributed by atoms with van der Waals surface area (Å²) in [6.45, 7) is 3.01. The third-order valence-electron chi connectivity index (χ3n) is 8.88. The van der Waals surface area contributed by atoms with E-state index in [1.807, 2.05) is 78.9 Å². The fourth-order valence-corrected chi connectivity index (χ4v) is 6.55. The van der Waals surface area contributed by atoms with Gasteiger partial charge in [0, 0.05) is 39.6 Å². The van der Waals surface area contributed by atoms with Gasteiger partial charge >= 0.3 is 0 Å². The third-order valence-corrected chi connectivity index (χ3v) is 8.88. The van der Waals surface area contributed by atoms with E-state index in [1.54, 1.807) is 0 Å². The van der Waals surface area contributed by atoms with Gasteiger partial charge in [-0.25, -0.2) is 19.9 Å². The number of nitrogens with zero attached hydrogens (tertiary/aromatic N) is 5. The highest BCUT2D eigenvalue weighted by molar-refractivity contribution is 6.12. The molecule has 9 aromatic rings. The molecule has 9 rings (SSSR count). The fraction of sp³-hybridized carbons (Fsp3) is 0.0476. The van der Waals surface area contributed by atoms with Crippen molar-refractivity contribution >= 4 is 33.0 Å². The lowest BCUT2D eigenvalue weighted by Crippen LogP contribution is -2.00. The number of hydrogen-bond donors (Lipinski definition) is 0. The maximum Gasteiger partial charge on any atom is 0.164 e. The molecule has 0 saturated heterocycles. The number of fused-ring (bicyclic) bond motifs is 4. The van der Waals surface area contributed by atoms with Gasteiger partial charge in [-0.1, -0.05) is 115 Å². The zero-order chi connectivity index (χ0) is 32.0. The molecule has 0 radical (unpaired) electrons. The van der Waals surface area contributed by atoms with Crippen LogP contribution in [0.25, 0.3) is 89.7 Å². The SMILES string of the molecule is CCn1c(-c2ccc(-c3ccc4oc5cccc(-c6nc(-c7ccccc7)nc(-c7ccccc7)n6)c5c4c3)cc2)nc2ccccc21. The zero-order valence-electron chi connectivity index (χ0n) is 26.2. The summed E-state index contributed by atoms with van der Waals surface area (Å²) < 4.78 is 8.65. The first-order valence-electron chi connectivity index (χ1n) is 16.1. The van der Waals surface area contributed by atoms with E-state index in [-0.39, 0.29) is 0 Å². The molecule has 0 aliphatic rings. The van der Waals surface area contributed by atoms with Crippen molar-refractivity contribution < 1.29 is 4.42 Å². The molecule has 0 N–H and O–H groups in total. The van der Waals surface area contributed by atoms with Crippen molar-refractivity contribution in [3.8, 4) is 56.7 Å². The van der Waals surface area contributed by atoms with Gasteiger partial charge in [-0.2, -0.15) is 0 Å². The first kappa shape index (κ1) is 27.9. The van der Waals surface area contributed by atoms with Gasteiger partial charge in [-0.15, -0.1) is 0 Å². The standard InChI is InChI=1S/C42H29N5O/c1-2-47-35-18-10-9-17-34(35)43-42(47)30-22-20-27(21-23-30)31-24-25-36-33(26-31)38-32(16-11-19-37(38)48-36)41-45-39(28-12-5-3-6-13-28)44-40(46-41)29-14-7-4-8-15-29/h3-26H,2H2,1H3. The molecule has 3 heterocycles. The number of para-hydroxylation sites is 2. The summed E-state index contributed by atoms with van der Waals surface area (Å²) in [7, 11) is 0. The molecular formula is C42H29N5O. The Kier molecular flexibility index (Phi) is 6.64. The van der Waals surface area contributed by atoms with E-state index in [4.69, 9.17) is 24.4 Å². The average Bonchev–Trinajstić information content (AvgIpc) is 3.73. The molecule has 6 nitrogen and oxygen atoms in total. The molecule has 0 fully saturated rings. The molecular weight excluding hydrogens is 590 g/mol. The molecule has 48 heavy (non-hydrogen) atoms. The van der Waals surface area contributed by atoms with Gasteiger partial charge in [0.05, 0.1) is 11.0 Å². The molecule has 3 aromatic heterocycles. The summed E-state index contributed by atoms with van der Waals surface area (Å²) in [5.41, 5.74) is 9.83. The minimum absolute atomic E-state index is 0.601. The maximum absolute atomic E-state index is 6.38. The van der Waals surface area contributed by atoms with Crippen LogP contribution >= 0.6 is 0 Å². The Morgan fingerprint density at radius 2 is 1.12 bits per heavy atom. The molecule has 6 heteroatoms. The lowest BCUT2D eigenvalue weighted by atomic mass is 9.99. The Morgan fingerprint density at radius 1 is 0.500 bits per heavy atom. The molecule has 0 atom stereocenters. The zero-order valence-corrected chi connectivity index (χ0v) is 26.2. The lowest BCUT2D eigenvalue weighted by molar-refractivity contribution is 0.669. The van der Waals surface area contributed by atoms with Crippen LogP contribution in [0.1, 0.15) is 6.92 Å². The molecule has 0 saturated carbocycles. The van der Waals surface area contributed by atoms with Crippen molar-refractivity contribution in [2.75, 3.05) is 0 Å². The maximum atomic E-state index is 6.38. The minimum Gasteiger partial charge on any atom is -0.456 e. The number of aryl methyl sites for hydroxylation is 1. The second-order valence-corrected chi connectivity index (χ2v) is 11.8. The van der Waals surface area contributed by atoms with Gasteiger partial charge in [0.25, 0.3) is 0 Å². The van der Waals surface area contributed by atoms with Crippen molar-refractivity contribution in [1.29, 1.82) is 0 Å². The van der Waals surface area contributed by atoms with Crippen LogP contribution in [0.5, 0.6) is 0 Å². The van der Waals surface area contributed by atoms with Gasteiger partial charge in [0.1, 0.15) is 17.0 Å². The van der Waals surface area contributed by atoms with Crippen molar-refractivity contribution in [2.24, 2.45) is 0 Å². The van der Waals surface area contributed by atoms with Crippen LogP contribution in [0.4, 0.5) is 0 Å². The van der Waals surface area contributed by atoms with Crippen molar-refractivity contribution in [3.63, 3.8) is 0 Å². The summed E-state index contributed by atoms with van der Waals surface area (Å²) in [6, 6.07) is 49.5. The average molecular weight is 620 g/mol. The summed E-state index contributed by atoms with van der Waals surface area (Å²) in [6.07, 6.45) is 0. The van der Waals surface area contributed by atoms with E-state index in [0.717, 1.165) is 78.7 Å². The Balaban J connectivity index is 1.17. The van der Waals surface area contributed by atoms with Gasteiger partial charge < -0.3 is 8.98 Å². The molecule has 0 bridgehead atoms. The van der Waals surface area contributed by atoms with Crippen LogP contribution in [-0.4, -0.2) is 24.5 Å². The highest BCUT2D eigenvalue weighted by Crippen LogP contribution is 2.38.